The van der Waals surface area contributed by atoms with Crippen molar-refractivity contribution >= 4 is 5.69 Å². The Morgan fingerprint density at radius 2 is 1.63 bits per heavy atom. The van der Waals surface area contributed by atoms with Crippen molar-refractivity contribution in [2.24, 2.45) is 0 Å². The topological polar surface area (TPSA) is 87.3 Å². The number of aromatic nitrogens is 1. The van der Waals surface area contributed by atoms with E-state index in [1.807, 2.05) is 0 Å². The lowest BCUT2D eigenvalue weighted by Gasteiger charge is -2.28. The van der Waals surface area contributed by atoms with E-state index in [0.717, 1.165) is 25.3 Å². The molecule has 1 aliphatic carbocycles. The summed E-state index contributed by atoms with van der Waals surface area (Å²) in [5.41, 5.74) is -2.42. The van der Waals surface area contributed by atoms with Gasteiger partial charge in [0.25, 0.3) is 11.1 Å². The predicted molar refractivity (Wildman–Crippen MR) is 70.9 cm³/mol. The van der Waals surface area contributed by atoms with Crippen LogP contribution in [0.5, 0.6) is 0 Å². The second-order valence-corrected chi connectivity index (χ2v) is 4.81. The maximum Gasteiger partial charge on any atom is 0.261 e. The molecule has 0 radical (unpaired) electrons. The highest BCUT2D eigenvalue weighted by Crippen LogP contribution is 2.24. The number of aromatic amines is 1. The van der Waals surface area contributed by atoms with Gasteiger partial charge in [-0.1, -0.05) is 0 Å². The third-order valence-electron chi connectivity index (χ3n) is 3.59. The molecule has 0 atom stereocenters. The second kappa shape index (κ2) is 4.15. The maximum atomic E-state index is 12.0. The Balaban J connectivity index is 2.35. The molecular formula is C13H12N2O4. The SMILES string of the molecule is O=c1[nH]c(=O)c2c(N3CCCCC3)c(=O)c(=O)cc1-2. The number of piperidine rings is 1. The first-order chi connectivity index (χ1) is 9.09. The highest BCUT2D eigenvalue weighted by molar-refractivity contribution is 5.79. The Bertz CT molecular complexity index is 792. The Morgan fingerprint density at radius 1 is 0.947 bits per heavy atom. The summed E-state index contributed by atoms with van der Waals surface area (Å²) in [4.78, 5) is 51.0. The molecule has 0 spiro atoms. The van der Waals surface area contributed by atoms with Crippen LogP contribution in [-0.4, -0.2) is 18.1 Å². The third-order valence-corrected chi connectivity index (χ3v) is 3.59. The van der Waals surface area contributed by atoms with Crippen LogP contribution in [0, 0.1) is 0 Å². The summed E-state index contributed by atoms with van der Waals surface area (Å²) in [7, 11) is 0. The first kappa shape index (κ1) is 11.8. The molecule has 6 heteroatoms. The van der Waals surface area contributed by atoms with E-state index in [4.69, 9.17) is 0 Å². The maximum absolute atomic E-state index is 12.0. The predicted octanol–water partition coefficient (Wildman–Crippen LogP) is -0.574. The zero-order valence-electron chi connectivity index (χ0n) is 10.2. The van der Waals surface area contributed by atoms with E-state index >= 15 is 0 Å². The largest absolute Gasteiger partial charge is 0.368 e. The molecule has 3 aliphatic rings. The summed E-state index contributed by atoms with van der Waals surface area (Å²) in [5, 5.41) is 0. The Hall–Kier alpha value is -2.24. The fraction of sp³-hybridized carbons (Fsp3) is 0.385. The summed E-state index contributed by atoms with van der Waals surface area (Å²) in [5.74, 6) is 0. The summed E-state index contributed by atoms with van der Waals surface area (Å²) >= 11 is 0. The molecule has 0 bridgehead atoms. The molecule has 0 aromatic rings. The lowest BCUT2D eigenvalue weighted by Crippen LogP contribution is -2.39. The van der Waals surface area contributed by atoms with Crippen molar-refractivity contribution < 1.29 is 0 Å². The average Bonchev–Trinajstić information content (AvgIpc) is 2.67. The van der Waals surface area contributed by atoms with Gasteiger partial charge in [-0.15, -0.1) is 0 Å². The van der Waals surface area contributed by atoms with Gasteiger partial charge < -0.3 is 4.90 Å². The molecule has 0 amide bonds. The summed E-state index contributed by atoms with van der Waals surface area (Å²) in [6, 6.07) is 0.964. The first-order valence-corrected chi connectivity index (χ1v) is 6.25. The third kappa shape index (κ3) is 1.71. The van der Waals surface area contributed by atoms with Crippen molar-refractivity contribution in [2.75, 3.05) is 18.0 Å². The van der Waals surface area contributed by atoms with Gasteiger partial charge in [-0.05, 0) is 19.3 Å². The zero-order valence-corrected chi connectivity index (χ0v) is 10.2. The van der Waals surface area contributed by atoms with Gasteiger partial charge in [-0.25, -0.2) is 0 Å². The second-order valence-electron chi connectivity index (χ2n) is 4.81. The van der Waals surface area contributed by atoms with Crippen LogP contribution in [0.4, 0.5) is 5.69 Å². The van der Waals surface area contributed by atoms with E-state index in [-0.39, 0.29) is 16.8 Å². The highest BCUT2D eigenvalue weighted by Gasteiger charge is 2.26. The molecule has 1 saturated heterocycles. The molecule has 19 heavy (non-hydrogen) atoms. The van der Waals surface area contributed by atoms with Gasteiger partial charge in [0.15, 0.2) is 0 Å². The van der Waals surface area contributed by atoms with Crippen molar-refractivity contribution in [2.45, 2.75) is 19.3 Å². The van der Waals surface area contributed by atoms with Crippen LogP contribution in [0.3, 0.4) is 0 Å². The summed E-state index contributed by atoms with van der Waals surface area (Å²) in [6.45, 7) is 1.26. The fourth-order valence-corrected chi connectivity index (χ4v) is 2.69. The van der Waals surface area contributed by atoms with E-state index in [1.165, 1.54) is 0 Å². The van der Waals surface area contributed by atoms with E-state index in [0.29, 0.717) is 13.1 Å². The van der Waals surface area contributed by atoms with Gasteiger partial charge in [0, 0.05) is 19.2 Å². The van der Waals surface area contributed by atoms with E-state index in [9.17, 15) is 19.2 Å². The molecule has 0 aromatic heterocycles. The van der Waals surface area contributed by atoms with E-state index < -0.39 is 22.0 Å². The lowest BCUT2D eigenvalue weighted by atomic mass is 10.0. The quantitative estimate of drug-likeness (QED) is 0.693. The first-order valence-electron chi connectivity index (χ1n) is 6.25. The number of H-pyrrole nitrogens is 1. The van der Waals surface area contributed by atoms with Gasteiger partial charge in [0.05, 0.1) is 11.1 Å². The molecule has 1 N–H and O–H groups in total. The van der Waals surface area contributed by atoms with Crippen LogP contribution >= 0.6 is 0 Å². The minimum Gasteiger partial charge on any atom is -0.368 e. The van der Waals surface area contributed by atoms with Crippen molar-refractivity contribution in [3.05, 3.63) is 47.2 Å². The summed E-state index contributed by atoms with van der Waals surface area (Å²) < 4.78 is 0. The highest BCUT2D eigenvalue weighted by atomic mass is 16.2. The van der Waals surface area contributed by atoms with Crippen LogP contribution in [0.2, 0.25) is 0 Å². The molecule has 1 fully saturated rings. The van der Waals surface area contributed by atoms with E-state index in [1.54, 1.807) is 4.90 Å². The van der Waals surface area contributed by atoms with Gasteiger partial charge in [0.1, 0.15) is 5.69 Å². The van der Waals surface area contributed by atoms with Crippen molar-refractivity contribution in [3.63, 3.8) is 0 Å². The Labute approximate surface area is 107 Å². The number of nitrogens with one attached hydrogen (secondary N) is 1. The molecule has 0 saturated carbocycles. The Kier molecular flexibility index (Phi) is 2.58. The van der Waals surface area contributed by atoms with Crippen LogP contribution < -0.4 is 26.9 Å². The normalized spacial score (nSPS) is 16.1. The monoisotopic (exact) mass is 260 g/mol. The molecule has 2 aliphatic heterocycles. The van der Waals surface area contributed by atoms with E-state index in [2.05, 4.69) is 4.98 Å². The molecule has 2 heterocycles. The van der Waals surface area contributed by atoms with Gasteiger partial charge in [-0.3, -0.25) is 24.2 Å². The average molecular weight is 260 g/mol. The standard InChI is InChI=1S/C13H12N2O4/c16-8-6-7-9(13(19)14-12(7)18)10(11(8)17)15-4-2-1-3-5-15/h6H,1-5H2,(H,14,18,19). The number of rotatable bonds is 1. The van der Waals surface area contributed by atoms with Crippen LogP contribution in [0.1, 0.15) is 19.3 Å². The minimum atomic E-state index is -0.732. The number of hydrogen-bond donors (Lipinski definition) is 1. The molecule has 3 rings (SSSR count). The molecular weight excluding hydrogens is 248 g/mol. The molecule has 6 nitrogen and oxygen atoms in total. The zero-order chi connectivity index (χ0) is 13.6. The smallest absolute Gasteiger partial charge is 0.261 e. The van der Waals surface area contributed by atoms with Gasteiger partial charge in [-0.2, -0.15) is 0 Å². The minimum absolute atomic E-state index is 0.0233. The fourth-order valence-electron chi connectivity index (χ4n) is 2.69. The number of hydrogen-bond acceptors (Lipinski definition) is 5. The van der Waals surface area contributed by atoms with Crippen molar-refractivity contribution in [3.8, 4) is 11.1 Å². The molecule has 0 unspecified atom stereocenters. The van der Waals surface area contributed by atoms with Gasteiger partial charge in [0.2, 0.25) is 10.9 Å². The molecule has 0 aromatic carbocycles. The molecule has 98 valence electrons. The number of benzene rings is 1. The van der Waals surface area contributed by atoms with Crippen LogP contribution in [0.15, 0.2) is 25.2 Å². The Morgan fingerprint density at radius 3 is 2.32 bits per heavy atom. The van der Waals surface area contributed by atoms with Crippen molar-refractivity contribution in [1.82, 2.24) is 4.98 Å². The van der Waals surface area contributed by atoms with Gasteiger partial charge >= 0.3 is 0 Å². The summed E-state index contributed by atoms with van der Waals surface area (Å²) in [6.07, 6.45) is 2.88. The van der Waals surface area contributed by atoms with Crippen LogP contribution in [-0.2, 0) is 0 Å². The van der Waals surface area contributed by atoms with Crippen molar-refractivity contribution in [1.29, 1.82) is 0 Å². The van der Waals surface area contributed by atoms with Crippen LogP contribution in [0.25, 0.3) is 11.1 Å². The number of fused-ring (bicyclic) bond motifs is 1. The number of nitrogens with zero attached hydrogens (tertiary/aromatic N) is 1. The lowest BCUT2D eigenvalue weighted by molar-refractivity contribution is 0.577. The number of anilines is 1.